The Kier molecular flexibility index (Phi) is 5.60. The van der Waals surface area contributed by atoms with Crippen molar-refractivity contribution >= 4 is 39.1 Å². The Morgan fingerprint density at radius 2 is 2.15 bits per heavy atom. The molecule has 110 valence electrons. The van der Waals surface area contributed by atoms with Crippen molar-refractivity contribution < 1.29 is 14.7 Å². The first kappa shape index (κ1) is 15.5. The molecule has 0 bridgehead atoms. The number of hydrogen-bond acceptors (Lipinski definition) is 3. The van der Waals surface area contributed by atoms with E-state index < -0.39 is 5.97 Å². The molecule has 0 atom stereocenters. The molecule has 0 unspecified atom stereocenters. The Hall–Kier alpha value is -0.880. The van der Waals surface area contributed by atoms with Crippen LogP contribution in [-0.2, 0) is 16.0 Å². The average molecular weight is 360 g/mol. The number of aryl methyl sites for hydroxylation is 1. The highest BCUT2D eigenvalue weighted by Gasteiger charge is 2.27. The van der Waals surface area contributed by atoms with Gasteiger partial charge in [-0.3, -0.25) is 9.59 Å². The minimum absolute atomic E-state index is 0.0325. The first-order chi connectivity index (χ1) is 9.54. The number of aliphatic carboxylic acids is 1. The molecule has 1 N–H and O–H groups in total. The molecule has 1 aromatic heterocycles. The van der Waals surface area contributed by atoms with Gasteiger partial charge in [0.2, 0.25) is 5.91 Å². The van der Waals surface area contributed by atoms with E-state index in [1.54, 1.807) is 11.3 Å². The van der Waals surface area contributed by atoms with Crippen molar-refractivity contribution in [1.82, 2.24) is 4.90 Å². The zero-order valence-corrected chi connectivity index (χ0v) is 13.6. The fourth-order valence-corrected chi connectivity index (χ4v) is 3.61. The maximum Gasteiger partial charge on any atom is 0.323 e. The number of thiophene rings is 1. The van der Waals surface area contributed by atoms with Crippen molar-refractivity contribution in [2.24, 2.45) is 5.92 Å². The second kappa shape index (κ2) is 7.22. The predicted molar refractivity (Wildman–Crippen MR) is 81.9 cm³/mol. The Morgan fingerprint density at radius 1 is 1.40 bits per heavy atom. The monoisotopic (exact) mass is 359 g/mol. The Balaban J connectivity index is 1.76. The molecule has 0 spiro atoms. The summed E-state index contributed by atoms with van der Waals surface area (Å²) in [5.74, 6) is -0.442. The second-order valence-corrected chi connectivity index (χ2v) is 7.72. The molecule has 1 amide bonds. The van der Waals surface area contributed by atoms with Gasteiger partial charge >= 0.3 is 5.97 Å². The number of carboxylic acids is 1. The third-order valence-electron chi connectivity index (χ3n) is 3.30. The molecule has 1 aliphatic carbocycles. The molecule has 1 aliphatic rings. The van der Waals surface area contributed by atoms with Crippen LogP contribution in [0.25, 0.3) is 0 Å². The summed E-state index contributed by atoms with van der Waals surface area (Å²) in [6, 6.07) is 4.06. The number of carbonyl (C=O) groups excluding carboxylic acids is 1. The number of nitrogens with zero attached hydrogens (tertiary/aromatic N) is 1. The first-order valence-electron chi connectivity index (χ1n) is 6.78. The van der Waals surface area contributed by atoms with Crippen LogP contribution in [0.4, 0.5) is 0 Å². The Labute approximate surface area is 130 Å². The van der Waals surface area contributed by atoms with Crippen molar-refractivity contribution in [2.75, 3.05) is 13.1 Å². The van der Waals surface area contributed by atoms with E-state index in [0.717, 1.165) is 29.5 Å². The molecule has 6 heteroatoms. The third-order valence-corrected chi connectivity index (χ3v) is 4.98. The molecule has 1 heterocycles. The van der Waals surface area contributed by atoms with E-state index in [4.69, 9.17) is 5.11 Å². The summed E-state index contributed by atoms with van der Waals surface area (Å²) in [6.07, 6.45) is 4.30. The van der Waals surface area contributed by atoms with Crippen molar-refractivity contribution in [1.29, 1.82) is 0 Å². The largest absolute Gasteiger partial charge is 0.480 e. The van der Waals surface area contributed by atoms with Crippen LogP contribution >= 0.6 is 27.3 Å². The van der Waals surface area contributed by atoms with Crippen LogP contribution in [0.1, 0.15) is 30.6 Å². The first-order valence-corrected chi connectivity index (χ1v) is 8.39. The normalized spacial score (nSPS) is 14.2. The van der Waals surface area contributed by atoms with E-state index in [-0.39, 0.29) is 12.5 Å². The summed E-state index contributed by atoms with van der Waals surface area (Å²) >= 11 is 5.09. The lowest BCUT2D eigenvalue weighted by molar-refractivity contribution is -0.144. The van der Waals surface area contributed by atoms with Crippen LogP contribution in [-0.4, -0.2) is 35.0 Å². The van der Waals surface area contributed by atoms with Crippen LogP contribution in [0, 0.1) is 5.92 Å². The summed E-state index contributed by atoms with van der Waals surface area (Å²) in [5, 5.41) is 8.87. The quantitative estimate of drug-likeness (QED) is 0.775. The third kappa shape index (κ3) is 5.25. The lowest BCUT2D eigenvalue weighted by Crippen LogP contribution is -2.37. The van der Waals surface area contributed by atoms with Gasteiger partial charge in [-0.25, -0.2) is 0 Å². The zero-order valence-electron chi connectivity index (χ0n) is 11.2. The van der Waals surface area contributed by atoms with Gasteiger partial charge in [-0.15, -0.1) is 11.3 Å². The number of amides is 1. The topological polar surface area (TPSA) is 57.6 Å². The molecule has 1 saturated carbocycles. The lowest BCUT2D eigenvalue weighted by Gasteiger charge is -2.20. The molecule has 0 saturated heterocycles. The van der Waals surface area contributed by atoms with E-state index in [0.29, 0.717) is 18.9 Å². The van der Waals surface area contributed by atoms with E-state index in [1.807, 2.05) is 6.07 Å². The van der Waals surface area contributed by atoms with Crippen molar-refractivity contribution in [2.45, 2.75) is 32.1 Å². The van der Waals surface area contributed by atoms with Crippen LogP contribution in [0.15, 0.2) is 15.9 Å². The molecule has 20 heavy (non-hydrogen) atoms. The van der Waals surface area contributed by atoms with Crippen LogP contribution in [0.3, 0.4) is 0 Å². The highest BCUT2D eigenvalue weighted by molar-refractivity contribution is 9.11. The SMILES string of the molecule is O=C(O)CN(CC1CC1)C(=O)CCCc1ccc(Br)s1. The zero-order chi connectivity index (χ0) is 14.5. The van der Waals surface area contributed by atoms with E-state index in [9.17, 15) is 9.59 Å². The smallest absolute Gasteiger partial charge is 0.323 e. The Morgan fingerprint density at radius 3 is 2.70 bits per heavy atom. The molecular weight excluding hydrogens is 342 g/mol. The fourth-order valence-electron chi connectivity index (χ4n) is 2.09. The van der Waals surface area contributed by atoms with Gasteiger partial charge in [0.25, 0.3) is 0 Å². The van der Waals surface area contributed by atoms with Gasteiger partial charge in [0.1, 0.15) is 6.54 Å². The van der Waals surface area contributed by atoms with Crippen molar-refractivity contribution in [3.63, 3.8) is 0 Å². The second-order valence-electron chi connectivity index (χ2n) is 5.17. The summed E-state index contributed by atoms with van der Waals surface area (Å²) < 4.78 is 1.10. The van der Waals surface area contributed by atoms with Gasteiger partial charge in [0, 0.05) is 17.8 Å². The molecule has 1 fully saturated rings. The lowest BCUT2D eigenvalue weighted by atomic mass is 10.2. The van der Waals surface area contributed by atoms with Gasteiger partial charge in [-0.1, -0.05) is 0 Å². The summed E-state index contributed by atoms with van der Waals surface area (Å²) in [4.78, 5) is 25.7. The average Bonchev–Trinajstić information content (AvgIpc) is 3.09. The molecule has 0 aromatic carbocycles. The maximum absolute atomic E-state index is 12.1. The van der Waals surface area contributed by atoms with Crippen molar-refractivity contribution in [3.05, 3.63) is 20.8 Å². The van der Waals surface area contributed by atoms with Gasteiger partial charge in [0.05, 0.1) is 3.79 Å². The van der Waals surface area contributed by atoms with Gasteiger partial charge < -0.3 is 10.0 Å². The standard InChI is InChI=1S/C14H18BrNO3S/c15-12-7-6-11(20-12)2-1-3-13(17)16(9-14(18)19)8-10-4-5-10/h6-7,10H,1-5,8-9H2,(H,18,19). The van der Waals surface area contributed by atoms with Gasteiger partial charge in [-0.2, -0.15) is 0 Å². The number of halogens is 1. The van der Waals surface area contributed by atoms with Crippen LogP contribution < -0.4 is 0 Å². The number of rotatable bonds is 8. The van der Waals surface area contributed by atoms with Gasteiger partial charge in [-0.05, 0) is 59.7 Å². The Bertz CT molecular complexity index is 485. The number of hydrogen-bond donors (Lipinski definition) is 1. The van der Waals surface area contributed by atoms with Crippen LogP contribution in [0.2, 0.25) is 0 Å². The van der Waals surface area contributed by atoms with Crippen molar-refractivity contribution in [3.8, 4) is 0 Å². The van der Waals surface area contributed by atoms with E-state index >= 15 is 0 Å². The van der Waals surface area contributed by atoms with Gasteiger partial charge in [0.15, 0.2) is 0 Å². The van der Waals surface area contributed by atoms with E-state index in [1.165, 1.54) is 9.78 Å². The summed E-state index contributed by atoms with van der Waals surface area (Å²) in [6.45, 7) is 0.440. The number of carbonyl (C=O) groups is 2. The van der Waals surface area contributed by atoms with E-state index in [2.05, 4.69) is 22.0 Å². The minimum atomic E-state index is -0.929. The minimum Gasteiger partial charge on any atom is -0.480 e. The highest BCUT2D eigenvalue weighted by Crippen LogP contribution is 2.30. The van der Waals surface area contributed by atoms with Crippen LogP contribution in [0.5, 0.6) is 0 Å². The molecule has 0 radical (unpaired) electrons. The molecular formula is C14H18BrNO3S. The highest BCUT2D eigenvalue weighted by atomic mass is 79.9. The summed E-state index contributed by atoms with van der Waals surface area (Å²) in [5.41, 5.74) is 0. The summed E-state index contributed by atoms with van der Waals surface area (Å²) in [7, 11) is 0. The number of carboxylic acid groups (broad SMARTS) is 1. The fraction of sp³-hybridized carbons (Fsp3) is 0.571. The molecule has 2 rings (SSSR count). The molecule has 1 aromatic rings. The molecule has 0 aliphatic heterocycles. The maximum atomic E-state index is 12.1. The molecule has 4 nitrogen and oxygen atoms in total. The predicted octanol–water partition coefficient (Wildman–Crippen LogP) is 3.16.